The molecule has 160 valence electrons. The summed E-state index contributed by atoms with van der Waals surface area (Å²) in [5.41, 5.74) is 0.655. The molecule has 0 unspecified atom stereocenters. The molecule has 1 aromatic rings. The number of hydrogen-bond acceptors (Lipinski definition) is 6. The summed E-state index contributed by atoms with van der Waals surface area (Å²) < 4.78 is 4.89. The molecule has 0 spiro atoms. The number of ether oxygens (including phenoxy) is 1. The molecule has 2 heterocycles. The predicted molar refractivity (Wildman–Crippen MR) is 114 cm³/mol. The van der Waals surface area contributed by atoms with E-state index in [9.17, 15) is 9.59 Å². The fourth-order valence-electron chi connectivity index (χ4n) is 3.94. The molecule has 8 heteroatoms. The van der Waals surface area contributed by atoms with Gasteiger partial charge in [-0.3, -0.25) is 4.79 Å². The van der Waals surface area contributed by atoms with E-state index >= 15 is 0 Å². The Bertz CT molecular complexity index is 701. The average molecular weight is 422 g/mol. The van der Waals surface area contributed by atoms with Gasteiger partial charge in [-0.05, 0) is 37.1 Å². The molecule has 0 aromatic carbocycles. The Labute approximate surface area is 176 Å². The molecule has 0 atom stereocenters. The molecule has 1 amide bonds. The van der Waals surface area contributed by atoms with Crippen LogP contribution < -0.4 is 10.2 Å². The SMILES string of the molecule is CCCSc1nc(N2CCC(OC(=O)O)CC2)ccc1C(=O)NC1CCCCC1. The van der Waals surface area contributed by atoms with Crippen molar-refractivity contribution in [1.82, 2.24) is 10.3 Å². The van der Waals surface area contributed by atoms with Crippen LogP contribution in [0, 0.1) is 0 Å². The molecule has 1 saturated heterocycles. The Morgan fingerprint density at radius 1 is 1.21 bits per heavy atom. The highest BCUT2D eigenvalue weighted by Gasteiger charge is 2.25. The van der Waals surface area contributed by atoms with E-state index < -0.39 is 6.16 Å². The zero-order valence-electron chi connectivity index (χ0n) is 17.1. The van der Waals surface area contributed by atoms with Gasteiger partial charge >= 0.3 is 6.16 Å². The Hall–Kier alpha value is -1.96. The lowest BCUT2D eigenvalue weighted by Gasteiger charge is -2.32. The van der Waals surface area contributed by atoms with Crippen LogP contribution in [0.1, 0.15) is 68.6 Å². The Morgan fingerprint density at radius 3 is 2.59 bits per heavy atom. The van der Waals surface area contributed by atoms with Crippen LogP contribution in [-0.4, -0.2) is 53.1 Å². The van der Waals surface area contributed by atoms with Crippen molar-refractivity contribution in [1.29, 1.82) is 0 Å². The van der Waals surface area contributed by atoms with Gasteiger partial charge in [-0.25, -0.2) is 9.78 Å². The topological polar surface area (TPSA) is 91.8 Å². The highest BCUT2D eigenvalue weighted by molar-refractivity contribution is 7.99. The van der Waals surface area contributed by atoms with Crippen molar-refractivity contribution in [2.75, 3.05) is 23.7 Å². The Balaban J connectivity index is 1.68. The standard InChI is InChI=1S/C21H31N3O4S/c1-2-14-29-20-17(19(25)22-15-6-4-3-5-7-15)8-9-18(23-20)24-12-10-16(11-13-24)28-21(26)27/h8-9,15-16H,2-7,10-14H2,1H3,(H,22,25)(H,26,27). The number of carboxylic acid groups (broad SMARTS) is 1. The van der Waals surface area contributed by atoms with E-state index in [1.165, 1.54) is 19.3 Å². The summed E-state index contributed by atoms with van der Waals surface area (Å²) in [4.78, 5) is 30.5. The summed E-state index contributed by atoms with van der Waals surface area (Å²) in [5, 5.41) is 12.8. The van der Waals surface area contributed by atoms with Crippen molar-refractivity contribution >= 4 is 29.6 Å². The third kappa shape index (κ3) is 6.26. The van der Waals surface area contributed by atoms with E-state index in [0.717, 1.165) is 35.9 Å². The first-order valence-corrected chi connectivity index (χ1v) is 11.6. The summed E-state index contributed by atoms with van der Waals surface area (Å²) in [6.07, 6.45) is 6.58. The van der Waals surface area contributed by atoms with Crippen molar-refractivity contribution < 1.29 is 19.4 Å². The molecule has 0 radical (unpaired) electrons. The number of anilines is 1. The monoisotopic (exact) mass is 421 g/mol. The third-order valence-electron chi connectivity index (χ3n) is 5.51. The quantitative estimate of drug-likeness (QED) is 0.501. The fourth-order valence-corrected chi connectivity index (χ4v) is 4.82. The molecule has 3 rings (SSSR count). The third-order valence-corrected chi connectivity index (χ3v) is 6.70. The van der Waals surface area contributed by atoms with Crippen LogP contribution in [-0.2, 0) is 4.74 Å². The van der Waals surface area contributed by atoms with Gasteiger partial charge in [-0.1, -0.05) is 26.2 Å². The number of aromatic nitrogens is 1. The van der Waals surface area contributed by atoms with Gasteiger partial charge < -0.3 is 20.1 Å². The van der Waals surface area contributed by atoms with Crippen molar-refractivity contribution in [3.8, 4) is 0 Å². The Kier molecular flexibility index (Phi) is 8.03. The number of nitrogens with zero attached hydrogens (tertiary/aromatic N) is 2. The van der Waals surface area contributed by atoms with Gasteiger partial charge in [0.1, 0.15) is 16.9 Å². The van der Waals surface area contributed by atoms with Crippen LogP contribution in [0.15, 0.2) is 17.2 Å². The number of pyridine rings is 1. The molecule has 2 N–H and O–H groups in total. The van der Waals surface area contributed by atoms with Crippen molar-refractivity contribution in [3.63, 3.8) is 0 Å². The largest absolute Gasteiger partial charge is 0.506 e. The minimum absolute atomic E-state index is 0.0249. The zero-order chi connectivity index (χ0) is 20.6. The maximum atomic E-state index is 12.9. The molecule has 1 saturated carbocycles. The van der Waals surface area contributed by atoms with E-state index in [0.29, 0.717) is 31.5 Å². The molecule has 29 heavy (non-hydrogen) atoms. The van der Waals surface area contributed by atoms with E-state index in [1.54, 1.807) is 11.8 Å². The summed E-state index contributed by atoms with van der Waals surface area (Å²) in [6.45, 7) is 3.50. The molecule has 0 bridgehead atoms. The molecule has 1 aromatic heterocycles. The lowest BCUT2D eigenvalue weighted by Crippen LogP contribution is -2.38. The van der Waals surface area contributed by atoms with E-state index in [-0.39, 0.29) is 18.1 Å². The minimum atomic E-state index is -1.21. The number of piperidine rings is 1. The van der Waals surface area contributed by atoms with Crippen LogP contribution >= 0.6 is 11.8 Å². The maximum Gasteiger partial charge on any atom is 0.506 e. The zero-order valence-corrected chi connectivity index (χ0v) is 17.9. The molecule has 2 aliphatic rings. The van der Waals surface area contributed by atoms with Gasteiger partial charge in [-0.2, -0.15) is 0 Å². The van der Waals surface area contributed by atoms with Crippen LogP contribution in [0.2, 0.25) is 0 Å². The van der Waals surface area contributed by atoms with E-state index in [4.69, 9.17) is 14.8 Å². The number of thioether (sulfide) groups is 1. The minimum Gasteiger partial charge on any atom is -0.450 e. The second-order valence-corrected chi connectivity index (χ2v) is 8.83. The lowest BCUT2D eigenvalue weighted by molar-refractivity contribution is 0.0415. The van der Waals surface area contributed by atoms with E-state index in [1.807, 2.05) is 12.1 Å². The van der Waals surface area contributed by atoms with Crippen LogP contribution in [0.25, 0.3) is 0 Å². The molecule has 1 aliphatic carbocycles. The number of rotatable bonds is 7. The lowest BCUT2D eigenvalue weighted by atomic mass is 9.95. The fraction of sp³-hybridized carbons (Fsp3) is 0.667. The van der Waals surface area contributed by atoms with Gasteiger partial charge in [0.05, 0.1) is 5.56 Å². The van der Waals surface area contributed by atoms with Crippen molar-refractivity contribution in [2.24, 2.45) is 0 Å². The number of hydrogen-bond donors (Lipinski definition) is 2. The second kappa shape index (κ2) is 10.7. The molecular weight excluding hydrogens is 390 g/mol. The van der Waals surface area contributed by atoms with Crippen LogP contribution in [0.4, 0.5) is 10.6 Å². The predicted octanol–water partition coefficient (Wildman–Crippen LogP) is 4.31. The first-order valence-electron chi connectivity index (χ1n) is 10.7. The number of nitrogens with one attached hydrogen (secondary N) is 1. The smallest absolute Gasteiger partial charge is 0.450 e. The highest BCUT2D eigenvalue weighted by atomic mass is 32.2. The average Bonchev–Trinajstić information content (AvgIpc) is 2.73. The molecule has 1 aliphatic heterocycles. The number of amides is 1. The number of carbonyl (C=O) groups is 2. The molecule has 2 fully saturated rings. The van der Waals surface area contributed by atoms with Gasteiger partial charge in [-0.15, -0.1) is 11.8 Å². The first-order chi connectivity index (χ1) is 14.1. The number of carbonyl (C=O) groups excluding carboxylic acids is 1. The first kappa shape index (κ1) is 21.7. The summed E-state index contributed by atoms with van der Waals surface area (Å²) in [7, 11) is 0. The normalized spacial score (nSPS) is 18.4. The Morgan fingerprint density at radius 2 is 1.93 bits per heavy atom. The highest BCUT2D eigenvalue weighted by Crippen LogP contribution is 2.27. The molecule has 7 nitrogen and oxygen atoms in total. The van der Waals surface area contributed by atoms with E-state index in [2.05, 4.69) is 17.1 Å². The van der Waals surface area contributed by atoms with Crippen LogP contribution in [0.5, 0.6) is 0 Å². The van der Waals surface area contributed by atoms with Gasteiger partial charge in [0.25, 0.3) is 5.91 Å². The summed E-state index contributed by atoms with van der Waals surface area (Å²) in [5.74, 6) is 1.73. The van der Waals surface area contributed by atoms with Crippen molar-refractivity contribution in [3.05, 3.63) is 17.7 Å². The summed E-state index contributed by atoms with van der Waals surface area (Å²) >= 11 is 1.62. The van der Waals surface area contributed by atoms with Gasteiger partial charge in [0, 0.05) is 32.0 Å². The van der Waals surface area contributed by atoms with Crippen molar-refractivity contribution in [2.45, 2.75) is 75.5 Å². The maximum absolute atomic E-state index is 12.9. The molecular formula is C21H31N3O4S. The van der Waals surface area contributed by atoms with Crippen LogP contribution in [0.3, 0.4) is 0 Å². The van der Waals surface area contributed by atoms with Gasteiger partial charge in [0.2, 0.25) is 0 Å². The second-order valence-electron chi connectivity index (χ2n) is 7.75. The summed E-state index contributed by atoms with van der Waals surface area (Å²) in [6, 6.07) is 4.07. The van der Waals surface area contributed by atoms with Gasteiger partial charge in [0.15, 0.2) is 0 Å².